The molecule has 0 fully saturated rings. The standard InChI is InChI=1S/C17H16N4O2S/c22-17(23)15-6-12-13(19-10-18-12)7-21(15)8-16-20-14(9-24-16)11-4-2-1-3-5-11/h1-5,9-10,15H,6-8H2,(H,18,19)(H,22,23). The van der Waals surface area contributed by atoms with Crippen molar-refractivity contribution in [3.63, 3.8) is 0 Å². The molecule has 1 aliphatic rings. The number of thiazole rings is 1. The van der Waals surface area contributed by atoms with Gasteiger partial charge in [-0.3, -0.25) is 9.69 Å². The van der Waals surface area contributed by atoms with Crippen LogP contribution in [0.5, 0.6) is 0 Å². The molecule has 122 valence electrons. The normalized spacial score (nSPS) is 17.6. The van der Waals surface area contributed by atoms with Gasteiger partial charge in [0, 0.05) is 23.9 Å². The van der Waals surface area contributed by atoms with Crippen molar-refractivity contribution >= 4 is 17.3 Å². The first kappa shape index (κ1) is 15.0. The SMILES string of the molecule is O=C(O)C1Cc2nc[nH]c2CN1Cc1nc(-c2ccccc2)cs1. The Morgan fingerprint density at radius 1 is 1.38 bits per heavy atom. The maximum absolute atomic E-state index is 11.6. The number of nitrogens with one attached hydrogen (secondary N) is 1. The van der Waals surface area contributed by atoms with Gasteiger partial charge in [0.05, 0.1) is 30.0 Å². The molecule has 0 bridgehead atoms. The fourth-order valence-electron chi connectivity index (χ4n) is 3.00. The zero-order valence-corrected chi connectivity index (χ0v) is 13.7. The summed E-state index contributed by atoms with van der Waals surface area (Å²) in [7, 11) is 0. The van der Waals surface area contributed by atoms with Crippen molar-refractivity contribution in [2.24, 2.45) is 0 Å². The Morgan fingerprint density at radius 3 is 3.00 bits per heavy atom. The lowest BCUT2D eigenvalue weighted by atomic mass is 10.0. The molecule has 4 rings (SSSR count). The third-order valence-corrected chi connectivity index (χ3v) is 5.07. The van der Waals surface area contributed by atoms with Gasteiger partial charge in [0.1, 0.15) is 11.0 Å². The van der Waals surface area contributed by atoms with Gasteiger partial charge in [-0.1, -0.05) is 30.3 Å². The zero-order valence-electron chi connectivity index (χ0n) is 12.8. The molecule has 0 saturated carbocycles. The molecule has 3 aromatic rings. The second-order valence-corrected chi connectivity index (χ2v) is 6.73. The number of imidazole rings is 1. The largest absolute Gasteiger partial charge is 0.480 e. The average Bonchev–Trinajstić information content (AvgIpc) is 3.23. The molecule has 0 aliphatic carbocycles. The van der Waals surface area contributed by atoms with E-state index in [0.717, 1.165) is 27.7 Å². The lowest BCUT2D eigenvalue weighted by molar-refractivity contribution is -0.144. The molecule has 2 N–H and O–H groups in total. The van der Waals surface area contributed by atoms with Crippen LogP contribution in [-0.4, -0.2) is 37.0 Å². The summed E-state index contributed by atoms with van der Waals surface area (Å²) in [6.07, 6.45) is 2.05. The van der Waals surface area contributed by atoms with Gasteiger partial charge in [0.2, 0.25) is 0 Å². The van der Waals surface area contributed by atoms with Crippen LogP contribution in [0.4, 0.5) is 0 Å². The van der Waals surface area contributed by atoms with Crippen molar-refractivity contribution in [1.29, 1.82) is 0 Å². The Bertz CT molecular complexity index is 858. The highest BCUT2D eigenvalue weighted by Gasteiger charge is 2.33. The number of hydrogen-bond acceptors (Lipinski definition) is 5. The Labute approximate surface area is 142 Å². The molecule has 2 aromatic heterocycles. The van der Waals surface area contributed by atoms with Crippen LogP contribution in [0, 0.1) is 0 Å². The summed E-state index contributed by atoms with van der Waals surface area (Å²) in [5, 5.41) is 12.5. The molecule has 7 heteroatoms. The van der Waals surface area contributed by atoms with Crippen molar-refractivity contribution in [1.82, 2.24) is 19.9 Å². The van der Waals surface area contributed by atoms with Crippen LogP contribution in [0.3, 0.4) is 0 Å². The number of benzene rings is 1. The van der Waals surface area contributed by atoms with Gasteiger partial charge in [0.15, 0.2) is 0 Å². The van der Waals surface area contributed by atoms with Gasteiger partial charge < -0.3 is 10.1 Å². The minimum absolute atomic E-state index is 0.422. The number of aliphatic carboxylic acids is 1. The summed E-state index contributed by atoms with van der Waals surface area (Å²) < 4.78 is 0. The molecular weight excluding hydrogens is 324 g/mol. The van der Waals surface area contributed by atoms with Gasteiger partial charge >= 0.3 is 5.97 Å². The Kier molecular flexibility index (Phi) is 3.87. The van der Waals surface area contributed by atoms with Crippen LogP contribution in [0.1, 0.15) is 16.4 Å². The Morgan fingerprint density at radius 2 is 2.21 bits per heavy atom. The highest BCUT2D eigenvalue weighted by atomic mass is 32.1. The van der Waals surface area contributed by atoms with Gasteiger partial charge in [0.25, 0.3) is 0 Å². The minimum atomic E-state index is -0.816. The van der Waals surface area contributed by atoms with E-state index >= 15 is 0 Å². The first-order chi connectivity index (χ1) is 11.7. The third kappa shape index (κ3) is 2.83. The van der Waals surface area contributed by atoms with Crippen LogP contribution in [0.15, 0.2) is 42.0 Å². The molecule has 1 aliphatic heterocycles. The summed E-state index contributed by atoms with van der Waals surface area (Å²) in [5.41, 5.74) is 3.85. The number of hydrogen-bond donors (Lipinski definition) is 2. The Hall–Kier alpha value is -2.51. The van der Waals surface area contributed by atoms with Crippen molar-refractivity contribution < 1.29 is 9.90 Å². The number of aromatic amines is 1. The third-order valence-electron chi connectivity index (χ3n) is 4.24. The first-order valence-corrected chi connectivity index (χ1v) is 8.56. The maximum atomic E-state index is 11.6. The number of H-pyrrole nitrogens is 1. The molecule has 0 radical (unpaired) electrons. The van der Waals surface area contributed by atoms with Crippen LogP contribution in [0.2, 0.25) is 0 Å². The van der Waals surface area contributed by atoms with Crippen LogP contribution in [0.25, 0.3) is 11.3 Å². The molecule has 24 heavy (non-hydrogen) atoms. The fraction of sp³-hybridized carbons (Fsp3) is 0.235. The lowest BCUT2D eigenvalue weighted by Crippen LogP contribution is -2.45. The fourth-order valence-corrected chi connectivity index (χ4v) is 3.82. The predicted molar refractivity (Wildman–Crippen MR) is 90.5 cm³/mol. The second kappa shape index (κ2) is 6.18. The Balaban J connectivity index is 1.56. The summed E-state index contributed by atoms with van der Waals surface area (Å²) >= 11 is 1.56. The average molecular weight is 340 g/mol. The molecule has 1 unspecified atom stereocenters. The zero-order chi connectivity index (χ0) is 16.5. The molecule has 1 atom stereocenters. The summed E-state index contributed by atoms with van der Waals surface area (Å²) in [4.78, 5) is 25.5. The van der Waals surface area contributed by atoms with E-state index in [9.17, 15) is 9.90 Å². The molecule has 0 amide bonds. The van der Waals surface area contributed by atoms with Gasteiger partial charge in [-0.15, -0.1) is 11.3 Å². The van der Waals surface area contributed by atoms with Crippen molar-refractivity contribution in [3.8, 4) is 11.3 Å². The number of rotatable bonds is 4. The van der Waals surface area contributed by atoms with E-state index < -0.39 is 12.0 Å². The number of carboxylic acid groups (broad SMARTS) is 1. The number of carbonyl (C=O) groups is 1. The molecular formula is C17H16N4O2S. The van der Waals surface area contributed by atoms with Gasteiger partial charge in [-0.05, 0) is 0 Å². The van der Waals surface area contributed by atoms with E-state index in [4.69, 9.17) is 0 Å². The predicted octanol–water partition coefficient (Wildman–Crippen LogP) is 2.54. The summed E-state index contributed by atoms with van der Waals surface area (Å²) in [5.74, 6) is -0.816. The highest BCUT2D eigenvalue weighted by Crippen LogP contribution is 2.26. The van der Waals surface area contributed by atoms with E-state index in [1.54, 1.807) is 17.7 Å². The van der Waals surface area contributed by atoms with Crippen LogP contribution < -0.4 is 0 Å². The summed E-state index contributed by atoms with van der Waals surface area (Å²) in [6, 6.07) is 9.43. The topological polar surface area (TPSA) is 82.1 Å². The van der Waals surface area contributed by atoms with Crippen molar-refractivity contribution in [3.05, 3.63) is 58.4 Å². The molecule has 3 heterocycles. The van der Waals surface area contributed by atoms with E-state index in [1.807, 2.05) is 40.6 Å². The van der Waals surface area contributed by atoms with Crippen molar-refractivity contribution in [2.75, 3.05) is 0 Å². The van der Waals surface area contributed by atoms with E-state index in [1.165, 1.54) is 0 Å². The minimum Gasteiger partial charge on any atom is -0.480 e. The number of nitrogens with zero attached hydrogens (tertiary/aromatic N) is 3. The van der Waals surface area contributed by atoms with E-state index in [-0.39, 0.29) is 0 Å². The second-order valence-electron chi connectivity index (χ2n) is 5.78. The molecule has 6 nitrogen and oxygen atoms in total. The quantitative estimate of drug-likeness (QED) is 0.763. The number of aromatic nitrogens is 3. The molecule has 0 saturated heterocycles. The monoisotopic (exact) mass is 340 g/mol. The number of fused-ring (bicyclic) bond motifs is 1. The van der Waals surface area contributed by atoms with E-state index in [0.29, 0.717) is 19.5 Å². The smallest absolute Gasteiger partial charge is 0.321 e. The lowest BCUT2D eigenvalue weighted by Gasteiger charge is -2.31. The van der Waals surface area contributed by atoms with Gasteiger partial charge in [-0.25, -0.2) is 9.97 Å². The molecule has 0 spiro atoms. The highest BCUT2D eigenvalue weighted by molar-refractivity contribution is 7.09. The first-order valence-electron chi connectivity index (χ1n) is 7.68. The van der Waals surface area contributed by atoms with Crippen LogP contribution in [-0.2, 0) is 24.3 Å². The van der Waals surface area contributed by atoms with Crippen LogP contribution >= 0.6 is 11.3 Å². The van der Waals surface area contributed by atoms with Gasteiger partial charge in [-0.2, -0.15) is 0 Å². The number of carboxylic acids is 1. The summed E-state index contributed by atoms with van der Waals surface area (Å²) in [6.45, 7) is 1.07. The molecule has 1 aromatic carbocycles. The van der Waals surface area contributed by atoms with E-state index in [2.05, 4.69) is 15.0 Å². The maximum Gasteiger partial charge on any atom is 0.321 e. The van der Waals surface area contributed by atoms with Crippen molar-refractivity contribution in [2.45, 2.75) is 25.6 Å².